The van der Waals surface area contributed by atoms with Gasteiger partial charge in [0.2, 0.25) is 0 Å². The predicted molar refractivity (Wildman–Crippen MR) is 61.5 cm³/mol. The molecule has 1 aromatic carbocycles. The molecule has 2 atom stereocenters. The Hall–Kier alpha value is -1.18. The Morgan fingerprint density at radius 1 is 1.47 bits per heavy atom. The number of nitriles is 1. The van der Waals surface area contributed by atoms with Crippen LogP contribution in [0, 0.1) is 11.3 Å². The average molecular weight is 222 g/mol. The van der Waals surface area contributed by atoms with E-state index < -0.39 is 10.8 Å². The normalized spacial score (nSPS) is 14.2. The van der Waals surface area contributed by atoms with Crippen molar-refractivity contribution < 1.29 is 4.21 Å². The molecule has 0 aliphatic heterocycles. The fourth-order valence-corrected chi connectivity index (χ4v) is 2.11. The van der Waals surface area contributed by atoms with Crippen LogP contribution in [0.5, 0.6) is 0 Å². The Morgan fingerprint density at radius 3 is 2.53 bits per heavy atom. The zero-order valence-corrected chi connectivity index (χ0v) is 9.46. The predicted octanol–water partition coefficient (Wildman–Crippen LogP) is 1.15. The Labute approximate surface area is 92.4 Å². The highest BCUT2D eigenvalue weighted by Gasteiger charge is 2.09. The molecule has 0 saturated carbocycles. The van der Waals surface area contributed by atoms with Crippen LogP contribution in [0.2, 0.25) is 0 Å². The molecule has 0 saturated heterocycles. The SMILES string of the molecule is CC(CN)S(=O)Cc1ccc(C#N)cc1. The van der Waals surface area contributed by atoms with Crippen LogP contribution in [0.1, 0.15) is 18.1 Å². The summed E-state index contributed by atoms with van der Waals surface area (Å²) in [5, 5.41) is 8.62. The van der Waals surface area contributed by atoms with Gasteiger partial charge in [0.25, 0.3) is 0 Å². The number of rotatable bonds is 4. The second-order valence-corrected chi connectivity index (χ2v) is 5.24. The van der Waals surface area contributed by atoms with Gasteiger partial charge in [0.05, 0.1) is 11.6 Å². The fourth-order valence-electron chi connectivity index (χ4n) is 1.09. The molecule has 2 N–H and O–H groups in total. The molecular formula is C11H14N2OS. The lowest BCUT2D eigenvalue weighted by Crippen LogP contribution is -2.22. The van der Waals surface area contributed by atoms with E-state index in [4.69, 9.17) is 11.0 Å². The molecule has 2 unspecified atom stereocenters. The summed E-state index contributed by atoms with van der Waals surface area (Å²) >= 11 is 0. The molecule has 1 rings (SSSR count). The number of hydrogen-bond acceptors (Lipinski definition) is 3. The van der Waals surface area contributed by atoms with Crippen LogP contribution in [-0.4, -0.2) is 16.0 Å². The van der Waals surface area contributed by atoms with Crippen molar-refractivity contribution in [2.75, 3.05) is 6.54 Å². The van der Waals surface area contributed by atoms with Gasteiger partial charge >= 0.3 is 0 Å². The maximum atomic E-state index is 11.7. The molecule has 0 radical (unpaired) electrons. The smallest absolute Gasteiger partial charge is 0.0991 e. The molecule has 3 nitrogen and oxygen atoms in total. The van der Waals surface area contributed by atoms with Gasteiger partial charge in [0.15, 0.2) is 0 Å². The van der Waals surface area contributed by atoms with Crippen LogP contribution in [0.15, 0.2) is 24.3 Å². The molecule has 0 aromatic heterocycles. The molecule has 0 aliphatic rings. The van der Waals surface area contributed by atoms with Crippen molar-refractivity contribution in [3.63, 3.8) is 0 Å². The molecule has 0 fully saturated rings. The van der Waals surface area contributed by atoms with Crippen LogP contribution in [-0.2, 0) is 16.6 Å². The van der Waals surface area contributed by atoms with Crippen LogP contribution in [0.3, 0.4) is 0 Å². The van der Waals surface area contributed by atoms with E-state index in [0.29, 0.717) is 17.9 Å². The lowest BCUT2D eigenvalue weighted by Gasteiger charge is -2.08. The molecular weight excluding hydrogens is 208 g/mol. The number of nitrogens with zero attached hydrogens (tertiary/aromatic N) is 1. The van der Waals surface area contributed by atoms with Crippen LogP contribution < -0.4 is 5.73 Å². The van der Waals surface area contributed by atoms with Crippen molar-refractivity contribution in [2.45, 2.75) is 17.9 Å². The molecule has 1 aromatic rings. The summed E-state index contributed by atoms with van der Waals surface area (Å²) in [7, 11) is -0.932. The van der Waals surface area contributed by atoms with Gasteiger partial charge in [-0.15, -0.1) is 0 Å². The van der Waals surface area contributed by atoms with E-state index in [0.717, 1.165) is 5.56 Å². The Balaban J connectivity index is 2.66. The summed E-state index contributed by atoms with van der Waals surface area (Å²) in [6, 6.07) is 9.18. The van der Waals surface area contributed by atoms with E-state index >= 15 is 0 Å². The van der Waals surface area contributed by atoms with Crippen molar-refractivity contribution in [3.8, 4) is 6.07 Å². The summed E-state index contributed by atoms with van der Waals surface area (Å²) in [5.41, 5.74) is 7.04. The summed E-state index contributed by atoms with van der Waals surface area (Å²) in [6.45, 7) is 2.31. The Kier molecular flexibility index (Phi) is 4.47. The van der Waals surface area contributed by atoms with Gasteiger partial charge in [0.1, 0.15) is 0 Å². The number of nitrogens with two attached hydrogens (primary N) is 1. The van der Waals surface area contributed by atoms with Gasteiger partial charge in [0, 0.05) is 28.3 Å². The van der Waals surface area contributed by atoms with E-state index in [-0.39, 0.29) is 5.25 Å². The minimum absolute atomic E-state index is 0.0145. The first-order valence-electron chi connectivity index (χ1n) is 4.73. The van der Waals surface area contributed by atoms with E-state index in [1.165, 1.54) is 0 Å². The van der Waals surface area contributed by atoms with Crippen molar-refractivity contribution in [1.82, 2.24) is 0 Å². The first-order chi connectivity index (χ1) is 7.17. The van der Waals surface area contributed by atoms with Crippen molar-refractivity contribution in [2.24, 2.45) is 5.73 Å². The third-order valence-electron chi connectivity index (χ3n) is 2.17. The highest BCUT2D eigenvalue weighted by molar-refractivity contribution is 7.84. The molecule has 0 spiro atoms. The lowest BCUT2D eigenvalue weighted by atomic mass is 10.2. The topological polar surface area (TPSA) is 66.9 Å². The average Bonchev–Trinajstić information content (AvgIpc) is 2.29. The van der Waals surface area contributed by atoms with E-state index in [2.05, 4.69) is 0 Å². The molecule has 0 amide bonds. The molecule has 80 valence electrons. The minimum atomic E-state index is -0.932. The van der Waals surface area contributed by atoms with Gasteiger partial charge < -0.3 is 5.73 Å². The van der Waals surface area contributed by atoms with Gasteiger partial charge in [-0.3, -0.25) is 4.21 Å². The van der Waals surface area contributed by atoms with E-state index in [9.17, 15) is 4.21 Å². The van der Waals surface area contributed by atoms with Crippen molar-refractivity contribution >= 4 is 10.8 Å². The highest BCUT2D eigenvalue weighted by Crippen LogP contribution is 2.08. The third kappa shape index (κ3) is 3.46. The molecule has 0 heterocycles. The Morgan fingerprint density at radius 2 is 2.07 bits per heavy atom. The quantitative estimate of drug-likeness (QED) is 0.831. The van der Waals surface area contributed by atoms with E-state index in [1.807, 2.05) is 25.1 Å². The second kappa shape index (κ2) is 5.64. The zero-order chi connectivity index (χ0) is 11.3. The number of benzene rings is 1. The summed E-state index contributed by atoms with van der Waals surface area (Å²) in [4.78, 5) is 0. The fraction of sp³-hybridized carbons (Fsp3) is 0.364. The lowest BCUT2D eigenvalue weighted by molar-refractivity contribution is 0.672. The monoisotopic (exact) mass is 222 g/mol. The van der Waals surface area contributed by atoms with Crippen molar-refractivity contribution in [3.05, 3.63) is 35.4 Å². The standard InChI is InChI=1S/C11H14N2OS/c1-9(6-12)15(14)8-11-4-2-10(7-13)3-5-11/h2-5,9H,6,8,12H2,1H3. The maximum Gasteiger partial charge on any atom is 0.0991 e. The zero-order valence-electron chi connectivity index (χ0n) is 8.64. The van der Waals surface area contributed by atoms with Crippen LogP contribution >= 0.6 is 0 Å². The summed E-state index contributed by atoms with van der Waals surface area (Å²) in [5.74, 6) is 0.504. The van der Waals surface area contributed by atoms with Gasteiger partial charge in [-0.05, 0) is 24.6 Å². The number of hydrogen-bond donors (Lipinski definition) is 1. The third-order valence-corrected chi connectivity index (χ3v) is 3.88. The minimum Gasteiger partial charge on any atom is -0.329 e. The second-order valence-electron chi connectivity index (χ2n) is 3.38. The first kappa shape index (κ1) is 11.9. The van der Waals surface area contributed by atoms with E-state index in [1.54, 1.807) is 12.1 Å². The molecule has 0 bridgehead atoms. The van der Waals surface area contributed by atoms with Gasteiger partial charge in [-0.1, -0.05) is 12.1 Å². The van der Waals surface area contributed by atoms with Gasteiger partial charge in [-0.2, -0.15) is 5.26 Å². The molecule has 15 heavy (non-hydrogen) atoms. The highest BCUT2D eigenvalue weighted by atomic mass is 32.2. The van der Waals surface area contributed by atoms with Crippen LogP contribution in [0.25, 0.3) is 0 Å². The first-order valence-corrected chi connectivity index (χ1v) is 6.12. The Bertz CT molecular complexity index is 381. The van der Waals surface area contributed by atoms with Crippen LogP contribution in [0.4, 0.5) is 0 Å². The summed E-state index contributed by atoms with van der Waals surface area (Å²) in [6.07, 6.45) is 0. The largest absolute Gasteiger partial charge is 0.329 e. The van der Waals surface area contributed by atoms with Crippen molar-refractivity contribution in [1.29, 1.82) is 5.26 Å². The van der Waals surface area contributed by atoms with Gasteiger partial charge in [-0.25, -0.2) is 0 Å². The molecule has 0 aliphatic carbocycles. The summed E-state index contributed by atoms with van der Waals surface area (Å²) < 4.78 is 11.7. The molecule has 4 heteroatoms. The maximum absolute atomic E-state index is 11.7.